The molecule has 0 saturated carbocycles. The molecule has 1 aromatic heterocycles. The summed E-state index contributed by atoms with van der Waals surface area (Å²) in [6.07, 6.45) is 17.9. The number of anilines is 1. The van der Waals surface area contributed by atoms with Crippen molar-refractivity contribution in [3.63, 3.8) is 0 Å². The fraction of sp³-hybridized carbons (Fsp3) is 0.515. The number of aryl methyl sites for hydroxylation is 1. The van der Waals surface area contributed by atoms with E-state index >= 15 is 0 Å². The van der Waals surface area contributed by atoms with Gasteiger partial charge in [-0.3, -0.25) is 4.79 Å². The van der Waals surface area contributed by atoms with E-state index < -0.39 is 0 Å². The smallest absolute Gasteiger partial charge is 0.262 e. The second kappa shape index (κ2) is 20.7. The minimum Gasteiger partial charge on any atom is -1.00 e. The lowest BCUT2D eigenvalue weighted by atomic mass is 10.1. The van der Waals surface area contributed by atoms with Crippen molar-refractivity contribution in [2.24, 2.45) is 0 Å². The van der Waals surface area contributed by atoms with Crippen molar-refractivity contribution < 1.29 is 35.8 Å². The predicted octanol–water partition coefficient (Wildman–Crippen LogP) is 6.15. The van der Waals surface area contributed by atoms with Gasteiger partial charge in [0.1, 0.15) is 11.5 Å². The van der Waals surface area contributed by atoms with Gasteiger partial charge in [-0.2, -0.15) is 4.57 Å². The van der Waals surface area contributed by atoms with E-state index in [4.69, 9.17) is 21.1 Å². The van der Waals surface area contributed by atoms with E-state index in [1.54, 1.807) is 23.5 Å². The Labute approximate surface area is 266 Å². The molecule has 8 heteroatoms. The maximum atomic E-state index is 12.4. The minimum atomic E-state index is -0.223. The first kappa shape index (κ1) is 35.1. The summed E-state index contributed by atoms with van der Waals surface area (Å²) in [5.74, 6) is 0.966. The Kier molecular flexibility index (Phi) is 17.8. The molecule has 3 rings (SSSR count). The SMILES string of the molecule is CCCCCCCCCCCCCCOc1ccc(OCC(=O)Nc2ccc(C[n+]3ccsc3C)cc2)cc1Cl.[Br-]. The van der Waals surface area contributed by atoms with E-state index in [0.717, 1.165) is 18.7 Å². The molecule has 1 heterocycles. The molecule has 5 nitrogen and oxygen atoms in total. The molecule has 0 aliphatic rings. The van der Waals surface area contributed by atoms with E-state index in [9.17, 15) is 4.79 Å². The summed E-state index contributed by atoms with van der Waals surface area (Å²) in [6, 6.07) is 13.2. The molecule has 0 fully saturated rings. The average Bonchev–Trinajstić information content (AvgIpc) is 3.36. The van der Waals surface area contributed by atoms with Gasteiger partial charge in [0.05, 0.1) is 17.0 Å². The van der Waals surface area contributed by atoms with Gasteiger partial charge in [0.25, 0.3) is 5.91 Å². The molecule has 3 aromatic rings. The van der Waals surface area contributed by atoms with Crippen molar-refractivity contribution in [2.45, 2.75) is 97.4 Å². The maximum absolute atomic E-state index is 12.4. The van der Waals surface area contributed by atoms with Gasteiger partial charge < -0.3 is 31.8 Å². The number of nitrogens with zero attached hydrogens (tertiary/aromatic N) is 1. The lowest BCUT2D eigenvalue weighted by Crippen LogP contribution is -3.00. The highest BCUT2D eigenvalue weighted by Gasteiger charge is 2.10. The van der Waals surface area contributed by atoms with Gasteiger partial charge in [0.15, 0.2) is 19.3 Å². The summed E-state index contributed by atoms with van der Waals surface area (Å²) in [5.41, 5.74) is 1.92. The minimum absolute atomic E-state index is 0. The quantitative estimate of drug-likeness (QED) is 0.116. The first-order valence-corrected chi connectivity index (χ1v) is 16.2. The molecule has 1 amide bonds. The second-order valence-electron chi connectivity index (χ2n) is 10.4. The first-order valence-electron chi connectivity index (χ1n) is 14.9. The van der Waals surface area contributed by atoms with Crippen molar-refractivity contribution >= 4 is 34.5 Å². The molecule has 0 saturated heterocycles. The summed E-state index contributed by atoms with van der Waals surface area (Å²) < 4.78 is 13.7. The van der Waals surface area contributed by atoms with Gasteiger partial charge in [-0.25, -0.2) is 0 Å². The molecule has 0 atom stereocenters. The van der Waals surface area contributed by atoms with Crippen LogP contribution in [0.4, 0.5) is 5.69 Å². The second-order valence-corrected chi connectivity index (χ2v) is 11.9. The molecule has 0 aliphatic heterocycles. The third-order valence-corrected chi connectivity index (χ3v) is 8.13. The monoisotopic (exact) mass is 664 g/mol. The van der Waals surface area contributed by atoms with Crippen molar-refractivity contribution in [3.8, 4) is 11.5 Å². The van der Waals surface area contributed by atoms with Crippen LogP contribution in [0.2, 0.25) is 5.02 Å². The number of ether oxygens (including phenoxy) is 2. The van der Waals surface area contributed by atoms with Crippen molar-refractivity contribution in [2.75, 3.05) is 18.5 Å². The van der Waals surface area contributed by atoms with Crippen LogP contribution in [-0.2, 0) is 11.3 Å². The Balaban J connectivity index is 0.00000588. The molecule has 2 aromatic carbocycles. The highest BCUT2D eigenvalue weighted by molar-refractivity contribution is 7.09. The normalized spacial score (nSPS) is 10.7. The van der Waals surface area contributed by atoms with Gasteiger partial charge >= 0.3 is 0 Å². The summed E-state index contributed by atoms with van der Waals surface area (Å²) in [5, 5.41) is 6.71. The number of nitrogens with one attached hydrogen (secondary N) is 1. The van der Waals surface area contributed by atoms with Crippen LogP contribution in [0.25, 0.3) is 0 Å². The molecule has 1 N–H and O–H groups in total. The van der Waals surface area contributed by atoms with Crippen LogP contribution in [0.1, 0.15) is 94.5 Å². The third-order valence-electron chi connectivity index (χ3n) is 7.00. The van der Waals surface area contributed by atoms with Crippen LogP contribution >= 0.6 is 22.9 Å². The van der Waals surface area contributed by atoms with E-state index in [2.05, 4.69) is 35.3 Å². The van der Waals surface area contributed by atoms with Gasteiger partial charge in [-0.15, -0.1) is 0 Å². The predicted molar refractivity (Wildman–Crippen MR) is 167 cm³/mol. The van der Waals surface area contributed by atoms with Gasteiger partial charge in [0.2, 0.25) is 5.01 Å². The molecule has 0 radical (unpaired) electrons. The van der Waals surface area contributed by atoms with E-state index in [0.29, 0.717) is 23.1 Å². The molecular weight excluding hydrogens is 620 g/mol. The average molecular weight is 666 g/mol. The fourth-order valence-corrected chi connectivity index (χ4v) is 5.48. The third kappa shape index (κ3) is 14.1. The van der Waals surface area contributed by atoms with Gasteiger partial charge in [-0.05, 0) is 30.7 Å². The van der Waals surface area contributed by atoms with Crippen molar-refractivity contribution in [1.29, 1.82) is 0 Å². The maximum Gasteiger partial charge on any atom is 0.262 e. The number of halogens is 2. The summed E-state index contributed by atoms with van der Waals surface area (Å²) in [4.78, 5) is 12.4. The number of carbonyl (C=O) groups excluding carboxylic acids is 1. The van der Waals surface area contributed by atoms with Crippen molar-refractivity contribution in [1.82, 2.24) is 0 Å². The number of benzene rings is 2. The molecular formula is C33H46BrClN2O3S. The van der Waals surface area contributed by atoms with Gasteiger partial charge in [0, 0.05) is 24.2 Å². The Morgan fingerprint density at radius 1 is 0.878 bits per heavy atom. The zero-order chi connectivity index (χ0) is 28.4. The van der Waals surface area contributed by atoms with Crippen LogP contribution in [0.5, 0.6) is 11.5 Å². The molecule has 0 aliphatic carbocycles. The van der Waals surface area contributed by atoms with Crippen LogP contribution in [0.15, 0.2) is 54.0 Å². The Bertz CT molecular complexity index is 1140. The number of aromatic nitrogens is 1. The number of hydrogen-bond acceptors (Lipinski definition) is 4. The summed E-state index contributed by atoms with van der Waals surface area (Å²) in [6.45, 7) is 5.75. The lowest BCUT2D eigenvalue weighted by Gasteiger charge is -2.11. The van der Waals surface area contributed by atoms with Crippen LogP contribution in [-0.4, -0.2) is 19.1 Å². The summed E-state index contributed by atoms with van der Waals surface area (Å²) >= 11 is 8.12. The Morgan fingerprint density at radius 2 is 1.51 bits per heavy atom. The number of unbranched alkanes of at least 4 members (excludes halogenated alkanes) is 11. The summed E-state index contributed by atoms with van der Waals surface area (Å²) in [7, 11) is 0. The van der Waals surface area contributed by atoms with Gasteiger partial charge in [-0.1, -0.05) is 113 Å². The first-order chi connectivity index (χ1) is 19.5. The lowest BCUT2D eigenvalue weighted by molar-refractivity contribution is -0.689. The molecule has 226 valence electrons. The fourth-order valence-electron chi connectivity index (χ4n) is 4.59. The largest absolute Gasteiger partial charge is 1.00 e. The standard InChI is InChI=1S/C33H45ClN2O3S.BrH/c1-3-4-5-6-7-8-9-10-11-12-13-14-22-38-32-20-19-30(24-31(32)34)39-26-33(37)35-29-17-15-28(16-18-29)25-36-21-23-40-27(36)2;/h15-21,23-24H,3-14,22,25-26H2,1-2H3;1H. The van der Waals surface area contributed by atoms with Crippen LogP contribution in [0.3, 0.4) is 0 Å². The Morgan fingerprint density at radius 3 is 2.10 bits per heavy atom. The topological polar surface area (TPSA) is 51.4 Å². The molecule has 0 bridgehead atoms. The molecule has 41 heavy (non-hydrogen) atoms. The number of rotatable bonds is 20. The molecule has 0 spiro atoms. The highest BCUT2D eigenvalue weighted by Crippen LogP contribution is 2.29. The Hall–Kier alpha value is -2.09. The van der Waals surface area contributed by atoms with Crippen LogP contribution in [0, 0.1) is 6.92 Å². The van der Waals surface area contributed by atoms with E-state index in [1.165, 1.54) is 81.2 Å². The molecule has 0 unspecified atom stereocenters. The van der Waals surface area contributed by atoms with Crippen molar-refractivity contribution in [3.05, 3.63) is 69.6 Å². The zero-order valence-corrected chi connectivity index (χ0v) is 27.8. The zero-order valence-electron chi connectivity index (χ0n) is 24.6. The van der Waals surface area contributed by atoms with Crippen LogP contribution < -0.4 is 36.3 Å². The number of hydrogen-bond donors (Lipinski definition) is 1. The number of thiazole rings is 1. The van der Waals surface area contributed by atoms with E-state index in [1.807, 2.05) is 30.3 Å². The number of amides is 1. The number of carbonyl (C=O) groups is 1. The van der Waals surface area contributed by atoms with E-state index in [-0.39, 0.29) is 29.5 Å². The highest BCUT2D eigenvalue weighted by atomic mass is 79.9.